The van der Waals surface area contributed by atoms with Crippen LogP contribution in [0.3, 0.4) is 0 Å². The van der Waals surface area contributed by atoms with Gasteiger partial charge in [0, 0.05) is 12.5 Å². The maximum atomic E-state index is 5.60. The van der Waals surface area contributed by atoms with Gasteiger partial charge in [-0.1, -0.05) is 6.07 Å². The Balaban J connectivity index is 3.01. The van der Waals surface area contributed by atoms with Crippen molar-refractivity contribution in [1.29, 1.82) is 0 Å². The van der Waals surface area contributed by atoms with Crippen molar-refractivity contribution < 1.29 is 10.1 Å². The van der Waals surface area contributed by atoms with Crippen molar-refractivity contribution in [3.8, 4) is 5.75 Å². The predicted molar refractivity (Wildman–Crippen MR) is 44.7 cm³/mol. The molecule has 0 saturated heterocycles. The molecule has 58 valence electrons. The number of rotatable bonds is 2. The van der Waals surface area contributed by atoms with Crippen molar-refractivity contribution >= 4 is 5.71 Å². The van der Waals surface area contributed by atoms with Crippen LogP contribution in [0.15, 0.2) is 24.3 Å². The van der Waals surface area contributed by atoms with E-state index in [1.54, 1.807) is 7.11 Å². The van der Waals surface area contributed by atoms with Gasteiger partial charge < -0.3 is 4.74 Å². The van der Waals surface area contributed by atoms with Crippen molar-refractivity contribution in [2.24, 2.45) is 0 Å². The zero-order valence-electron chi connectivity index (χ0n) is 6.79. The Morgan fingerprint density at radius 1 is 1.45 bits per heavy atom. The SMILES string of the molecule is COc1cccc(C(C)=[NH2+])c1. The Hall–Kier alpha value is -1.31. The molecule has 1 aromatic carbocycles. The third-order valence-corrected chi connectivity index (χ3v) is 1.53. The molecule has 11 heavy (non-hydrogen) atoms. The fourth-order valence-corrected chi connectivity index (χ4v) is 0.868. The summed E-state index contributed by atoms with van der Waals surface area (Å²) in [5.74, 6) is 0.840. The molecule has 0 atom stereocenters. The lowest BCUT2D eigenvalue weighted by molar-refractivity contribution is -0.113. The van der Waals surface area contributed by atoms with Crippen LogP contribution in [0.2, 0.25) is 0 Å². The monoisotopic (exact) mass is 150 g/mol. The van der Waals surface area contributed by atoms with Gasteiger partial charge in [-0.3, -0.25) is 5.41 Å². The highest BCUT2D eigenvalue weighted by atomic mass is 16.5. The molecule has 1 aromatic rings. The van der Waals surface area contributed by atoms with Crippen LogP contribution in [0.25, 0.3) is 0 Å². The Bertz CT molecular complexity index is 268. The first kappa shape index (κ1) is 7.79. The molecule has 0 aliphatic heterocycles. The standard InChI is InChI=1S/C9H11NO/c1-7(10)8-4-3-5-9(6-8)11-2/h3-6,10H,1-2H3/p+1. The number of benzene rings is 1. The molecular formula is C9H12NO+. The van der Waals surface area contributed by atoms with Crippen LogP contribution in [0, 0.1) is 0 Å². The molecule has 0 bridgehead atoms. The van der Waals surface area contributed by atoms with Crippen molar-refractivity contribution in [3.05, 3.63) is 29.8 Å². The second kappa shape index (κ2) is 3.19. The molecule has 0 spiro atoms. The van der Waals surface area contributed by atoms with E-state index in [1.165, 1.54) is 0 Å². The summed E-state index contributed by atoms with van der Waals surface area (Å²) in [4.78, 5) is 0. The lowest BCUT2D eigenvalue weighted by atomic mass is 10.1. The van der Waals surface area contributed by atoms with E-state index in [-0.39, 0.29) is 0 Å². The van der Waals surface area contributed by atoms with E-state index in [0.29, 0.717) is 0 Å². The van der Waals surface area contributed by atoms with Crippen molar-refractivity contribution in [2.75, 3.05) is 7.11 Å². The normalized spacial score (nSPS) is 9.27. The molecule has 1 rings (SSSR count). The minimum Gasteiger partial charge on any atom is -0.497 e. The van der Waals surface area contributed by atoms with Crippen molar-refractivity contribution in [1.82, 2.24) is 0 Å². The molecule has 2 nitrogen and oxygen atoms in total. The van der Waals surface area contributed by atoms with Gasteiger partial charge in [-0.15, -0.1) is 0 Å². The Morgan fingerprint density at radius 3 is 2.73 bits per heavy atom. The summed E-state index contributed by atoms with van der Waals surface area (Å²) in [6, 6.07) is 7.68. The van der Waals surface area contributed by atoms with E-state index >= 15 is 0 Å². The summed E-state index contributed by atoms with van der Waals surface area (Å²) in [6.45, 7) is 1.87. The molecule has 0 aliphatic rings. The van der Waals surface area contributed by atoms with Gasteiger partial charge in [-0.25, -0.2) is 0 Å². The van der Waals surface area contributed by atoms with Gasteiger partial charge in [0.05, 0.1) is 7.11 Å². The summed E-state index contributed by atoms with van der Waals surface area (Å²) in [7, 11) is 1.64. The van der Waals surface area contributed by atoms with E-state index in [9.17, 15) is 0 Å². The second-order valence-corrected chi connectivity index (χ2v) is 2.41. The third kappa shape index (κ3) is 1.80. The van der Waals surface area contributed by atoms with Gasteiger partial charge in [0.2, 0.25) is 0 Å². The number of hydrogen-bond donors (Lipinski definition) is 1. The first-order chi connectivity index (χ1) is 5.24. The van der Waals surface area contributed by atoms with Crippen LogP contribution < -0.4 is 10.1 Å². The lowest BCUT2D eigenvalue weighted by Crippen LogP contribution is -2.38. The van der Waals surface area contributed by atoms with Crippen LogP contribution in [0.4, 0.5) is 0 Å². The largest absolute Gasteiger partial charge is 0.497 e. The maximum Gasteiger partial charge on any atom is 0.177 e. The van der Waals surface area contributed by atoms with E-state index in [2.05, 4.69) is 0 Å². The van der Waals surface area contributed by atoms with Crippen LogP contribution in [0.5, 0.6) is 5.75 Å². The number of hydrogen-bond acceptors (Lipinski definition) is 1. The van der Waals surface area contributed by atoms with Crippen LogP contribution in [0.1, 0.15) is 12.5 Å². The molecule has 2 heteroatoms. The Kier molecular flexibility index (Phi) is 2.26. The molecule has 0 saturated carbocycles. The van der Waals surface area contributed by atoms with Gasteiger partial charge in [0.25, 0.3) is 0 Å². The van der Waals surface area contributed by atoms with E-state index in [0.717, 1.165) is 17.0 Å². The van der Waals surface area contributed by atoms with Gasteiger partial charge >= 0.3 is 0 Å². The highest BCUT2D eigenvalue weighted by Crippen LogP contribution is 2.11. The van der Waals surface area contributed by atoms with E-state index < -0.39 is 0 Å². The first-order valence-corrected chi connectivity index (χ1v) is 3.47. The predicted octanol–water partition coefficient (Wildman–Crippen LogP) is 0.263. The quantitative estimate of drug-likeness (QED) is 0.603. The topological polar surface area (TPSA) is 34.8 Å². The highest BCUT2D eigenvalue weighted by molar-refractivity contribution is 5.94. The lowest BCUT2D eigenvalue weighted by Gasteiger charge is -1.99. The van der Waals surface area contributed by atoms with Gasteiger partial charge in [0.15, 0.2) is 5.71 Å². The summed E-state index contributed by atoms with van der Waals surface area (Å²) < 4.78 is 5.04. The number of nitrogens with two attached hydrogens (primary N) is 1. The molecule has 0 aliphatic carbocycles. The Labute approximate surface area is 66.3 Å². The van der Waals surface area contributed by atoms with E-state index in [1.807, 2.05) is 31.2 Å². The molecule has 0 fully saturated rings. The highest BCUT2D eigenvalue weighted by Gasteiger charge is 1.99. The number of ether oxygens (including phenoxy) is 1. The summed E-state index contributed by atoms with van der Waals surface area (Å²) >= 11 is 0. The van der Waals surface area contributed by atoms with Gasteiger partial charge in [-0.05, 0) is 18.2 Å². The minimum atomic E-state index is 0.809. The molecule has 2 N–H and O–H groups in total. The zero-order chi connectivity index (χ0) is 8.27. The van der Waals surface area contributed by atoms with Crippen molar-refractivity contribution in [3.63, 3.8) is 0 Å². The molecule has 0 unspecified atom stereocenters. The number of methoxy groups -OCH3 is 1. The Morgan fingerprint density at radius 2 is 2.18 bits per heavy atom. The van der Waals surface area contributed by atoms with Crippen LogP contribution >= 0.6 is 0 Å². The van der Waals surface area contributed by atoms with Crippen LogP contribution in [-0.4, -0.2) is 12.8 Å². The smallest absolute Gasteiger partial charge is 0.177 e. The average molecular weight is 150 g/mol. The zero-order valence-corrected chi connectivity index (χ0v) is 6.79. The fraction of sp³-hybridized carbons (Fsp3) is 0.222. The summed E-state index contributed by atoms with van der Waals surface area (Å²) in [6.07, 6.45) is 0. The fourth-order valence-electron chi connectivity index (χ4n) is 0.868. The van der Waals surface area contributed by atoms with Gasteiger partial charge in [0.1, 0.15) is 5.75 Å². The van der Waals surface area contributed by atoms with E-state index in [4.69, 9.17) is 10.1 Å². The maximum absolute atomic E-state index is 5.60. The van der Waals surface area contributed by atoms with Crippen LogP contribution in [-0.2, 0) is 0 Å². The second-order valence-electron chi connectivity index (χ2n) is 2.41. The van der Waals surface area contributed by atoms with Gasteiger partial charge in [-0.2, -0.15) is 0 Å². The summed E-state index contributed by atoms with van der Waals surface area (Å²) in [5, 5.41) is 5.60. The minimum absolute atomic E-state index is 0.809. The van der Waals surface area contributed by atoms with Crippen molar-refractivity contribution in [2.45, 2.75) is 6.92 Å². The average Bonchev–Trinajstić information content (AvgIpc) is 2.05. The summed E-state index contributed by atoms with van der Waals surface area (Å²) in [5.41, 5.74) is 1.83. The molecule has 0 amide bonds. The third-order valence-electron chi connectivity index (χ3n) is 1.53. The molecular weight excluding hydrogens is 138 g/mol. The first-order valence-electron chi connectivity index (χ1n) is 3.47. The molecule has 0 radical (unpaired) electrons. The molecule has 0 heterocycles. The molecule has 0 aromatic heterocycles.